The number of aromatic nitrogens is 2. The van der Waals surface area contributed by atoms with Crippen LogP contribution in [0.3, 0.4) is 0 Å². The van der Waals surface area contributed by atoms with Gasteiger partial charge in [-0.1, -0.05) is 147 Å². The van der Waals surface area contributed by atoms with Crippen LogP contribution in [0.1, 0.15) is 179 Å². The minimum atomic E-state index is -0.123. The number of methoxy groups -OCH3 is 1. The predicted molar refractivity (Wildman–Crippen MR) is 429 cm³/mol. The van der Waals surface area contributed by atoms with Crippen molar-refractivity contribution in [2.24, 2.45) is 0 Å². The number of carbonyl (C=O) groups excluding carboxylic acids is 5. The Morgan fingerprint density at radius 1 is 0.538 bits per heavy atom. The number of hydrogen-bond acceptors (Lipinski definition) is 15. The number of nitrogens with zero attached hydrogens (tertiary/aromatic N) is 6. The van der Waals surface area contributed by atoms with Gasteiger partial charge in [0, 0.05) is 125 Å². The van der Waals surface area contributed by atoms with Crippen LogP contribution in [-0.2, 0) is 69.8 Å². The van der Waals surface area contributed by atoms with Crippen LogP contribution >= 0.6 is 12.4 Å². The first-order valence-electron chi connectivity index (χ1n) is 36.4. The zero-order chi connectivity index (χ0) is 76.7. The average molecular weight is 1470 g/mol. The molecule has 0 atom stereocenters. The first-order valence-corrected chi connectivity index (χ1v) is 36.4. The molecule has 5 amide bonds. The van der Waals surface area contributed by atoms with Crippen LogP contribution in [0.15, 0.2) is 146 Å². The second kappa shape index (κ2) is 44.2. The molecule has 2 aliphatic rings. The maximum absolute atomic E-state index is 13.0. The number of rotatable bonds is 28. The van der Waals surface area contributed by atoms with E-state index in [4.69, 9.17) is 23.7 Å². The number of benzene rings is 5. The zero-order valence-corrected chi connectivity index (χ0v) is 66.1. The topological polar surface area (TPSA) is 218 Å². The van der Waals surface area contributed by atoms with E-state index in [0.29, 0.717) is 94.4 Å². The second-order valence-corrected chi connectivity index (χ2v) is 26.9. The lowest BCUT2D eigenvalue weighted by molar-refractivity contribution is -0.126. The van der Waals surface area contributed by atoms with Crippen LogP contribution in [0.4, 0.5) is 11.6 Å². The molecule has 0 saturated heterocycles. The van der Waals surface area contributed by atoms with Gasteiger partial charge in [0.1, 0.15) is 40.4 Å². The average Bonchev–Trinajstić information content (AvgIpc) is 0.955. The summed E-state index contributed by atoms with van der Waals surface area (Å²) >= 11 is 0. The minimum absolute atomic E-state index is 0. The van der Waals surface area contributed by atoms with Crippen LogP contribution in [0.25, 0.3) is 12.2 Å². The number of fused-ring (bicyclic) bond motifs is 2. The molecule has 4 heterocycles. The lowest BCUT2D eigenvalue weighted by atomic mass is 9.99. The van der Waals surface area contributed by atoms with Gasteiger partial charge >= 0.3 is 0 Å². The zero-order valence-electron chi connectivity index (χ0n) is 65.3. The van der Waals surface area contributed by atoms with Gasteiger partial charge in [-0.3, -0.25) is 28.9 Å². The lowest BCUT2D eigenvalue weighted by Crippen LogP contribution is -2.29. The Morgan fingerprint density at radius 2 is 0.925 bits per heavy atom. The molecule has 0 saturated carbocycles. The second-order valence-electron chi connectivity index (χ2n) is 26.9. The Bertz CT molecular complexity index is 4080. The molecule has 7 aromatic rings. The number of anilines is 2. The number of nitrogens with one attached hydrogen (secondary N) is 4. The molecule has 20 nitrogen and oxygen atoms in total. The largest absolute Gasteiger partial charge is 0.497 e. The Kier molecular flexibility index (Phi) is 36.2. The van der Waals surface area contributed by atoms with Gasteiger partial charge < -0.3 is 59.7 Å². The number of amides is 5. The molecular weight excluding hydrogens is 1360 g/mol. The van der Waals surface area contributed by atoms with Gasteiger partial charge in [0.25, 0.3) is 0 Å². The third-order valence-corrected chi connectivity index (χ3v) is 17.3. The maximum Gasteiger partial charge on any atom is 0.246 e. The maximum atomic E-state index is 13.0. The minimum Gasteiger partial charge on any atom is -0.497 e. The van der Waals surface area contributed by atoms with Crippen molar-refractivity contribution in [3.8, 4) is 28.7 Å². The van der Waals surface area contributed by atoms with Crippen molar-refractivity contribution in [2.45, 2.75) is 153 Å². The van der Waals surface area contributed by atoms with E-state index in [0.717, 1.165) is 97.5 Å². The molecule has 106 heavy (non-hydrogen) atoms. The van der Waals surface area contributed by atoms with E-state index in [1.54, 1.807) is 79.7 Å². The molecule has 570 valence electrons. The SMILES string of the molecule is C=CC(=O)N(C)Cc1cccc(C(C)C)c1OCC.CCOc1c(CN(C)C(=O)/C=C/c2cnc3c(c2)CN(Cc2ccc(OC)cc2)CC(=O)N3)cccc1C(C)C.CCOc1c(CN(C)C(=O)/C=C/c2cnc3c(c2)CNCC(=O)N3)cccc1C(C)C.CCOc1c(CNC)cccc1C(C)C.Cl. The van der Waals surface area contributed by atoms with Crippen molar-refractivity contribution >= 4 is 65.7 Å². The molecule has 2 aromatic heterocycles. The first kappa shape index (κ1) is 86.8. The Morgan fingerprint density at radius 3 is 1.32 bits per heavy atom. The highest BCUT2D eigenvalue weighted by molar-refractivity contribution is 5.95. The summed E-state index contributed by atoms with van der Waals surface area (Å²) in [4.78, 5) is 77.2. The molecule has 9 rings (SSSR count). The van der Waals surface area contributed by atoms with E-state index in [1.165, 1.54) is 22.8 Å². The molecule has 4 N–H and O–H groups in total. The quantitative estimate of drug-likeness (QED) is 0.0335. The van der Waals surface area contributed by atoms with Gasteiger partial charge in [-0.2, -0.15) is 0 Å². The normalized spacial score (nSPS) is 12.5. The number of carbonyl (C=O) groups is 5. The molecule has 0 bridgehead atoms. The summed E-state index contributed by atoms with van der Waals surface area (Å²) in [5.41, 5.74) is 13.5. The van der Waals surface area contributed by atoms with E-state index >= 15 is 0 Å². The van der Waals surface area contributed by atoms with Crippen LogP contribution in [0.5, 0.6) is 28.7 Å². The number of hydrogen-bond donors (Lipinski definition) is 4. The van der Waals surface area contributed by atoms with Crippen molar-refractivity contribution in [1.29, 1.82) is 0 Å². The lowest BCUT2D eigenvalue weighted by Gasteiger charge is -2.21. The van der Waals surface area contributed by atoms with Gasteiger partial charge in [0.2, 0.25) is 29.5 Å². The van der Waals surface area contributed by atoms with Crippen LogP contribution in [0, 0.1) is 0 Å². The summed E-state index contributed by atoms with van der Waals surface area (Å²) in [5, 5.41) is 11.9. The summed E-state index contributed by atoms with van der Waals surface area (Å²) in [7, 11) is 8.92. The van der Waals surface area contributed by atoms with Gasteiger partial charge in [0.05, 0.1) is 46.6 Å². The van der Waals surface area contributed by atoms with Crippen molar-refractivity contribution in [2.75, 3.05) is 85.5 Å². The first-order chi connectivity index (χ1) is 50.4. The van der Waals surface area contributed by atoms with Gasteiger partial charge in [-0.15, -0.1) is 12.4 Å². The highest BCUT2D eigenvalue weighted by Gasteiger charge is 2.23. The molecular formula is C85H113ClN10O10. The number of pyridine rings is 2. The molecule has 0 aliphatic carbocycles. The molecule has 5 aromatic carbocycles. The fourth-order valence-electron chi connectivity index (χ4n) is 11.9. The third kappa shape index (κ3) is 26.0. The van der Waals surface area contributed by atoms with Crippen LogP contribution in [-0.4, -0.2) is 134 Å². The third-order valence-electron chi connectivity index (χ3n) is 17.3. The monoisotopic (exact) mass is 1470 g/mol. The Labute approximate surface area is 635 Å². The molecule has 21 heteroatoms. The standard InChI is InChI=1S/C32H38N4O4.C24H30N4O3.C16H23NO2.C13H21NO.ClH/c1-6-40-31-25(8-7-9-28(31)22(2)3)19-35(4)30(38)15-12-24-16-26-20-36(21-29(37)34-32(26)33-17-24)18-23-10-13-27(39-5)14-11-23;1-5-31-23-18(7-6-8-20(23)16(2)3)15-28(4)22(30)10-9-17-11-19-13-25-14-21(29)27-24(19)26-12-17;1-6-15(18)17(5)11-13-9-8-10-14(12(3)4)16(13)19-7-2;1-5-15-13-11(9-14-4)7-6-8-12(13)10(2)3;/h7-17,22H,6,18-21H2,1-5H3,(H,33,34,37);6-12,16,25H,5,13-15H2,1-4H3,(H,26,27,29);6,8-10,12H,1,7,11H2,2-5H3;6-8,10,14H,5,9H2,1-4H3;1H/b15-12+;10-9+;;;. The number of likely N-dealkylation sites (N-methyl/N-ethyl adjacent to an activating group) is 3. The van der Waals surface area contributed by atoms with Gasteiger partial charge in [-0.25, -0.2) is 9.97 Å². The highest BCUT2D eigenvalue weighted by atomic mass is 35.5. The summed E-state index contributed by atoms with van der Waals surface area (Å²) in [5.74, 6) is 6.61. The van der Waals surface area contributed by atoms with Gasteiger partial charge in [-0.05, 0) is 140 Å². The summed E-state index contributed by atoms with van der Waals surface area (Å²) in [6.45, 7) is 35.6. The molecule has 2 aliphatic heterocycles. The van der Waals surface area contributed by atoms with Crippen molar-refractivity contribution in [3.05, 3.63) is 219 Å². The fraction of sp³-hybridized carbons (Fsp3) is 0.400. The van der Waals surface area contributed by atoms with Gasteiger partial charge in [0.15, 0.2) is 0 Å². The number of ether oxygens (including phenoxy) is 5. The molecule has 0 radical (unpaired) electrons. The van der Waals surface area contributed by atoms with Crippen molar-refractivity contribution < 1.29 is 47.7 Å². The number of halogens is 1. The van der Waals surface area contributed by atoms with E-state index in [-0.39, 0.29) is 55.0 Å². The van der Waals surface area contributed by atoms with E-state index in [9.17, 15) is 24.0 Å². The summed E-state index contributed by atoms with van der Waals surface area (Å²) < 4.78 is 28.6. The highest BCUT2D eigenvalue weighted by Crippen LogP contribution is 2.35. The summed E-state index contributed by atoms with van der Waals surface area (Å²) in [6.07, 6.45) is 11.2. The fourth-order valence-corrected chi connectivity index (χ4v) is 11.9. The van der Waals surface area contributed by atoms with Crippen LogP contribution < -0.4 is 45.0 Å². The Balaban J connectivity index is 0.000000270. The smallest absolute Gasteiger partial charge is 0.246 e. The summed E-state index contributed by atoms with van der Waals surface area (Å²) in [6, 6.07) is 36.4. The predicted octanol–water partition coefficient (Wildman–Crippen LogP) is 15.3. The molecule has 0 spiro atoms. The van der Waals surface area contributed by atoms with Crippen molar-refractivity contribution in [3.63, 3.8) is 0 Å². The van der Waals surface area contributed by atoms with Crippen molar-refractivity contribution in [1.82, 2.24) is 40.2 Å². The van der Waals surface area contributed by atoms with E-state index in [2.05, 4.69) is 135 Å². The van der Waals surface area contributed by atoms with Crippen LogP contribution in [0.2, 0.25) is 0 Å². The van der Waals surface area contributed by atoms with E-state index < -0.39 is 0 Å². The molecule has 0 unspecified atom stereocenters. The number of para-hydroxylation sites is 4. The Hall–Kier alpha value is -9.86. The molecule has 0 fully saturated rings. The van der Waals surface area contributed by atoms with E-state index in [1.807, 2.05) is 108 Å².